The molecule has 0 fully saturated rings. The first-order valence-electron chi connectivity index (χ1n) is 8.65. The van der Waals surface area contributed by atoms with Gasteiger partial charge in [-0.1, -0.05) is 13.8 Å². The van der Waals surface area contributed by atoms with Crippen LogP contribution in [0.5, 0.6) is 0 Å². The predicted molar refractivity (Wildman–Crippen MR) is 103 cm³/mol. The average molecular weight is 366 g/mol. The zero-order valence-corrected chi connectivity index (χ0v) is 19.4. The van der Waals surface area contributed by atoms with Crippen molar-refractivity contribution < 1.29 is 18.9 Å². The van der Waals surface area contributed by atoms with Crippen molar-refractivity contribution in [2.24, 2.45) is 0 Å². The molecule has 0 aromatic heterocycles. The summed E-state index contributed by atoms with van der Waals surface area (Å²) in [5.41, 5.74) is 0.739. The van der Waals surface area contributed by atoms with Gasteiger partial charge in [0.15, 0.2) is 0 Å². The van der Waals surface area contributed by atoms with Crippen LogP contribution in [0.4, 0.5) is 0 Å². The summed E-state index contributed by atoms with van der Waals surface area (Å²) in [7, 11) is 6.07. The fourth-order valence-corrected chi connectivity index (χ4v) is 6.81. The highest BCUT2D eigenvalue weighted by Crippen LogP contribution is 2.19. The predicted octanol–water partition coefficient (Wildman–Crippen LogP) is 1.24. The van der Waals surface area contributed by atoms with Crippen LogP contribution in [-0.2, 0) is 18.9 Å². The third kappa shape index (κ3) is 9.96. The van der Waals surface area contributed by atoms with Crippen LogP contribution < -0.4 is 5.32 Å². The lowest BCUT2D eigenvalue weighted by molar-refractivity contribution is -0.131. The lowest BCUT2D eigenvalue weighted by atomic mass is 10.3. The maximum Gasteiger partial charge on any atom is 0.141 e. The molecule has 2 unspecified atom stereocenters. The molecule has 0 aliphatic heterocycles. The topological polar surface area (TPSA) is 49.0 Å². The molecular weight excluding hydrogens is 326 g/mol. The van der Waals surface area contributed by atoms with Gasteiger partial charge in [0, 0.05) is 28.4 Å². The van der Waals surface area contributed by atoms with Crippen LogP contribution in [0.1, 0.15) is 40.5 Å². The van der Waals surface area contributed by atoms with Crippen LogP contribution in [0.15, 0.2) is 0 Å². The summed E-state index contributed by atoms with van der Waals surface area (Å²) in [6.45, 7) is 10.9. The summed E-state index contributed by atoms with van der Waals surface area (Å²) in [5, 5.41) is 3.57. The van der Waals surface area contributed by atoms with Gasteiger partial charge in [-0.05, 0) is 50.9 Å². The van der Waals surface area contributed by atoms with E-state index >= 15 is 0 Å². The molecule has 0 aromatic carbocycles. The van der Waals surface area contributed by atoms with E-state index in [-0.39, 0.29) is 10.8 Å². The van der Waals surface area contributed by atoms with Gasteiger partial charge in [0.05, 0.1) is 19.0 Å². The van der Waals surface area contributed by atoms with Gasteiger partial charge < -0.3 is 24.3 Å². The molecule has 0 aliphatic rings. The lowest BCUT2D eigenvalue weighted by Gasteiger charge is -2.29. The molecule has 0 saturated carbocycles. The molecular formula is C16H39NO4Si2. The Hall–Kier alpha value is 0.234. The van der Waals surface area contributed by atoms with Crippen LogP contribution in [0.3, 0.4) is 0 Å². The van der Waals surface area contributed by atoms with E-state index in [2.05, 4.69) is 33.0 Å². The Morgan fingerprint density at radius 1 is 0.739 bits per heavy atom. The minimum atomic E-state index is -0.437. The molecule has 0 rings (SSSR count). The molecule has 2 atom stereocenters. The summed E-state index contributed by atoms with van der Waals surface area (Å²) in [6, 6.07) is 0. The zero-order chi connectivity index (χ0) is 17.9. The molecule has 140 valence electrons. The number of hydrogen-bond donors (Lipinski definition) is 1. The molecule has 7 heteroatoms. The molecule has 0 amide bonds. The molecule has 0 saturated heterocycles. The van der Waals surface area contributed by atoms with Crippen molar-refractivity contribution in [2.75, 3.05) is 41.5 Å². The summed E-state index contributed by atoms with van der Waals surface area (Å²) in [4.78, 5) is 0. The van der Waals surface area contributed by atoms with Crippen molar-refractivity contribution in [1.82, 2.24) is 5.32 Å². The maximum atomic E-state index is 5.48. The molecule has 5 nitrogen and oxygen atoms in total. The number of methoxy groups -OCH3 is 4. The average Bonchev–Trinajstić information content (AvgIpc) is 2.54. The molecule has 23 heavy (non-hydrogen) atoms. The van der Waals surface area contributed by atoms with Crippen molar-refractivity contribution in [2.45, 2.75) is 62.4 Å². The van der Waals surface area contributed by atoms with E-state index in [0.717, 1.165) is 13.1 Å². The van der Waals surface area contributed by atoms with Crippen LogP contribution >= 0.6 is 0 Å². The Labute approximate surface area is 147 Å². The molecule has 0 heterocycles. The number of hydrogen-bond acceptors (Lipinski definition) is 5. The maximum absolute atomic E-state index is 5.48. The number of ether oxygens (including phenoxy) is 4. The monoisotopic (exact) mass is 365 g/mol. The highest BCUT2D eigenvalue weighted by atomic mass is 28.2. The summed E-state index contributed by atoms with van der Waals surface area (Å²) >= 11 is 0. The van der Waals surface area contributed by atoms with E-state index in [4.69, 9.17) is 18.9 Å². The van der Waals surface area contributed by atoms with Crippen molar-refractivity contribution in [3.05, 3.63) is 0 Å². The SMILES string of the molecule is COC(C)(OC)[SiH2]C(C)CCNCCC(C)[SiH2]C(C)(OC)OC. The van der Waals surface area contributed by atoms with Gasteiger partial charge in [-0.25, -0.2) is 0 Å². The second kappa shape index (κ2) is 11.7. The van der Waals surface area contributed by atoms with E-state index in [1.165, 1.54) is 12.8 Å². The molecule has 0 radical (unpaired) electrons. The Balaban J connectivity index is 3.84. The second-order valence-electron chi connectivity index (χ2n) is 7.03. The summed E-state index contributed by atoms with van der Waals surface area (Å²) < 4.78 is 21.9. The van der Waals surface area contributed by atoms with E-state index in [1.807, 2.05) is 0 Å². The Morgan fingerprint density at radius 3 is 1.30 bits per heavy atom. The van der Waals surface area contributed by atoms with Gasteiger partial charge in [-0.2, -0.15) is 0 Å². The Morgan fingerprint density at radius 2 is 1.04 bits per heavy atom. The fourth-order valence-electron chi connectivity index (χ4n) is 2.79. The van der Waals surface area contributed by atoms with Gasteiger partial charge in [0.25, 0.3) is 0 Å². The van der Waals surface area contributed by atoms with Crippen molar-refractivity contribution in [1.29, 1.82) is 0 Å². The van der Waals surface area contributed by atoms with Crippen molar-refractivity contribution >= 4 is 19.0 Å². The molecule has 0 aromatic rings. The van der Waals surface area contributed by atoms with Gasteiger partial charge in [0.2, 0.25) is 0 Å². The van der Waals surface area contributed by atoms with E-state index in [1.54, 1.807) is 28.4 Å². The zero-order valence-electron chi connectivity index (χ0n) is 16.5. The second-order valence-corrected chi connectivity index (χ2v) is 13.2. The third-order valence-corrected chi connectivity index (χ3v) is 9.64. The number of nitrogens with one attached hydrogen (secondary N) is 1. The van der Waals surface area contributed by atoms with Gasteiger partial charge in [-0.3, -0.25) is 0 Å². The first-order chi connectivity index (χ1) is 10.7. The van der Waals surface area contributed by atoms with Crippen molar-refractivity contribution in [3.63, 3.8) is 0 Å². The van der Waals surface area contributed by atoms with Crippen LogP contribution in [0, 0.1) is 0 Å². The highest BCUT2D eigenvalue weighted by molar-refractivity contribution is 6.41. The fraction of sp³-hybridized carbons (Fsp3) is 1.00. The Kier molecular flexibility index (Phi) is 11.8. The van der Waals surface area contributed by atoms with E-state index < -0.39 is 19.0 Å². The standard InChI is InChI=1S/C16H39NO4Si2/c1-13(22-15(3,18-5)19-6)9-11-17-12-10-14(2)23-16(4,20-7)21-8/h13-14,17H,9-12,22-23H2,1-8H3. The van der Waals surface area contributed by atoms with E-state index in [0.29, 0.717) is 11.1 Å². The van der Waals surface area contributed by atoms with Crippen LogP contribution in [0.2, 0.25) is 11.1 Å². The minimum absolute atomic E-state index is 0.329. The van der Waals surface area contributed by atoms with Gasteiger partial charge >= 0.3 is 0 Å². The van der Waals surface area contributed by atoms with Gasteiger partial charge in [-0.15, -0.1) is 0 Å². The quantitative estimate of drug-likeness (QED) is 0.285. The molecule has 0 bridgehead atoms. The third-order valence-electron chi connectivity index (χ3n) is 4.79. The highest BCUT2D eigenvalue weighted by Gasteiger charge is 2.26. The first-order valence-corrected chi connectivity index (χ1v) is 11.7. The van der Waals surface area contributed by atoms with Crippen LogP contribution in [0.25, 0.3) is 0 Å². The Bertz CT molecular complexity index is 272. The van der Waals surface area contributed by atoms with Crippen molar-refractivity contribution in [3.8, 4) is 0 Å². The van der Waals surface area contributed by atoms with Crippen LogP contribution in [-0.4, -0.2) is 71.4 Å². The minimum Gasteiger partial charge on any atom is -0.358 e. The molecule has 1 N–H and O–H groups in total. The largest absolute Gasteiger partial charge is 0.358 e. The van der Waals surface area contributed by atoms with E-state index in [9.17, 15) is 0 Å². The molecule has 0 spiro atoms. The lowest BCUT2D eigenvalue weighted by Crippen LogP contribution is -2.39. The number of rotatable bonds is 14. The van der Waals surface area contributed by atoms with Gasteiger partial charge in [0.1, 0.15) is 10.8 Å². The smallest absolute Gasteiger partial charge is 0.141 e. The first kappa shape index (κ1) is 23.2. The summed E-state index contributed by atoms with van der Waals surface area (Å²) in [5.74, 6) is 0. The summed E-state index contributed by atoms with van der Waals surface area (Å²) in [6.07, 6.45) is 2.38. The molecule has 0 aliphatic carbocycles. The normalized spacial score (nSPS) is 16.7.